The second-order valence-electron chi connectivity index (χ2n) is 6.26. The summed E-state index contributed by atoms with van der Waals surface area (Å²) in [7, 11) is 0. The first kappa shape index (κ1) is 17.9. The Morgan fingerprint density at radius 2 is 1.95 bits per heavy atom. The Morgan fingerprint density at radius 3 is 2.52 bits per heavy atom. The molecule has 4 heteroatoms. The van der Waals surface area contributed by atoms with Crippen LogP contribution in [0.4, 0.5) is 4.79 Å². The number of hydrogen-bond donors (Lipinski definition) is 1. The third-order valence-corrected chi connectivity index (χ3v) is 4.09. The van der Waals surface area contributed by atoms with Crippen molar-refractivity contribution >= 4 is 17.9 Å². The summed E-state index contributed by atoms with van der Waals surface area (Å²) in [5, 5.41) is 3.02. The van der Waals surface area contributed by atoms with Gasteiger partial charge in [-0.25, -0.2) is 4.79 Å². The van der Waals surface area contributed by atoms with Crippen molar-refractivity contribution in [2.24, 2.45) is 5.41 Å². The molecule has 1 amide bonds. The van der Waals surface area contributed by atoms with Crippen LogP contribution in [0.1, 0.15) is 39.2 Å². The highest BCUT2D eigenvalue weighted by Crippen LogP contribution is 2.23. The molecule has 1 aromatic rings. The number of carbonyl (C=O) groups is 1. The molecule has 3 nitrogen and oxygen atoms in total. The minimum absolute atomic E-state index is 0.0319. The summed E-state index contributed by atoms with van der Waals surface area (Å²) in [6, 6.07) is 9.87. The van der Waals surface area contributed by atoms with Gasteiger partial charge in [-0.3, -0.25) is 0 Å². The Bertz CT molecular complexity index is 415. The fourth-order valence-electron chi connectivity index (χ4n) is 2.06. The highest BCUT2D eigenvalue weighted by atomic mass is 32.2. The minimum Gasteiger partial charge on any atom is -0.445 e. The third-order valence-electron chi connectivity index (χ3n) is 3.39. The minimum atomic E-state index is -0.331. The van der Waals surface area contributed by atoms with Crippen molar-refractivity contribution in [2.45, 2.75) is 46.3 Å². The molecule has 0 bridgehead atoms. The molecule has 0 aliphatic carbocycles. The summed E-state index contributed by atoms with van der Waals surface area (Å²) in [5.74, 6) is 1.12. The van der Waals surface area contributed by atoms with Crippen LogP contribution in [-0.4, -0.2) is 24.1 Å². The normalized spacial score (nSPS) is 12.8. The highest BCUT2D eigenvalue weighted by molar-refractivity contribution is 7.98. The Labute approximate surface area is 132 Å². The van der Waals surface area contributed by atoms with Gasteiger partial charge in [-0.2, -0.15) is 11.8 Å². The molecule has 1 aromatic carbocycles. The molecule has 118 valence electrons. The number of benzene rings is 1. The maximum atomic E-state index is 12.0. The van der Waals surface area contributed by atoms with Crippen molar-refractivity contribution in [1.29, 1.82) is 0 Å². The number of ether oxygens (including phenoxy) is 1. The number of carbonyl (C=O) groups excluding carboxylic acids is 1. The smallest absolute Gasteiger partial charge is 0.407 e. The van der Waals surface area contributed by atoms with Crippen LogP contribution in [0, 0.1) is 5.41 Å². The first-order valence-corrected chi connectivity index (χ1v) is 8.79. The number of amides is 1. The zero-order chi connectivity index (χ0) is 15.7. The fraction of sp³-hybridized carbons (Fsp3) is 0.588. The number of nitrogens with one attached hydrogen (secondary N) is 1. The molecule has 0 fully saturated rings. The van der Waals surface area contributed by atoms with Crippen LogP contribution in [0.2, 0.25) is 0 Å². The van der Waals surface area contributed by atoms with E-state index >= 15 is 0 Å². The maximum absolute atomic E-state index is 12.0. The lowest BCUT2D eigenvalue weighted by Gasteiger charge is -2.31. The summed E-state index contributed by atoms with van der Waals surface area (Å²) in [4.78, 5) is 12.0. The zero-order valence-electron chi connectivity index (χ0n) is 13.5. The van der Waals surface area contributed by atoms with Crippen LogP contribution >= 0.6 is 11.8 Å². The summed E-state index contributed by atoms with van der Waals surface area (Å²) >= 11 is 1.84. The van der Waals surface area contributed by atoms with E-state index in [0.717, 1.165) is 24.2 Å². The predicted molar refractivity (Wildman–Crippen MR) is 90.6 cm³/mol. The van der Waals surface area contributed by atoms with E-state index in [0.29, 0.717) is 6.61 Å². The molecule has 0 saturated carbocycles. The summed E-state index contributed by atoms with van der Waals surface area (Å²) in [6.07, 6.45) is 3.85. The van der Waals surface area contributed by atoms with Gasteiger partial charge in [0.2, 0.25) is 0 Å². The molecule has 1 rings (SSSR count). The fourth-order valence-corrected chi connectivity index (χ4v) is 2.52. The molecule has 0 spiro atoms. The van der Waals surface area contributed by atoms with Gasteiger partial charge in [-0.05, 0) is 35.8 Å². The first-order valence-electron chi connectivity index (χ1n) is 7.39. The van der Waals surface area contributed by atoms with E-state index in [1.807, 2.05) is 42.1 Å². The Hall–Kier alpha value is -1.16. The largest absolute Gasteiger partial charge is 0.445 e. The zero-order valence-corrected chi connectivity index (χ0v) is 14.3. The Morgan fingerprint density at radius 1 is 1.29 bits per heavy atom. The number of alkyl carbamates (subject to hydrolysis) is 1. The average Bonchev–Trinajstić information content (AvgIpc) is 2.44. The number of rotatable bonds is 7. The van der Waals surface area contributed by atoms with Crippen molar-refractivity contribution in [2.75, 3.05) is 12.0 Å². The second-order valence-corrected chi connectivity index (χ2v) is 7.25. The van der Waals surface area contributed by atoms with Gasteiger partial charge in [0.15, 0.2) is 0 Å². The van der Waals surface area contributed by atoms with Crippen molar-refractivity contribution in [3.63, 3.8) is 0 Å². The predicted octanol–water partition coefficient (Wildman–Crippen LogP) is 4.47. The summed E-state index contributed by atoms with van der Waals surface area (Å²) < 4.78 is 5.30. The van der Waals surface area contributed by atoms with Gasteiger partial charge < -0.3 is 10.1 Å². The van der Waals surface area contributed by atoms with E-state index in [1.165, 1.54) is 0 Å². The molecule has 1 N–H and O–H groups in total. The van der Waals surface area contributed by atoms with Gasteiger partial charge in [-0.1, -0.05) is 51.1 Å². The lowest BCUT2D eigenvalue weighted by molar-refractivity contribution is 0.124. The summed E-state index contributed by atoms with van der Waals surface area (Å²) in [5.41, 5.74) is 1.03. The van der Waals surface area contributed by atoms with Gasteiger partial charge in [-0.15, -0.1) is 0 Å². The lowest BCUT2D eigenvalue weighted by Crippen LogP contribution is -2.44. The van der Waals surface area contributed by atoms with E-state index in [9.17, 15) is 4.79 Å². The van der Waals surface area contributed by atoms with Crippen LogP contribution < -0.4 is 5.32 Å². The molecule has 0 radical (unpaired) electrons. The van der Waals surface area contributed by atoms with Crippen molar-refractivity contribution in [1.82, 2.24) is 5.32 Å². The Kier molecular flexibility index (Phi) is 7.65. The van der Waals surface area contributed by atoms with Crippen LogP contribution in [0.5, 0.6) is 0 Å². The molecule has 21 heavy (non-hydrogen) atoms. The molecule has 1 atom stereocenters. The molecule has 0 heterocycles. The molecule has 0 aliphatic heterocycles. The van der Waals surface area contributed by atoms with Crippen LogP contribution in [0.15, 0.2) is 30.3 Å². The van der Waals surface area contributed by atoms with E-state index in [4.69, 9.17) is 4.74 Å². The van der Waals surface area contributed by atoms with Crippen LogP contribution in [0.25, 0.3) is 0 Å². The van der Waals surface area contributed by atoms with E-state index in [2.05, 4.69) is 32.3 Å². The van der Waals surface area contributed by atoms with Crippen LogP contribution in [-0.2, 0) is 11.3 Å². The van der Waals surface area contributed by atoms with Crippen LogP contribution in [0.3, 0.4) is 0 Å². The topological polar surface area (TPSA) is 38.3 Å². The SMILES string of the molecule is CSCCC[C@H](NC(=O)OCc1ccccc1)C(C)(C)C. The summed E-state index contributed by atoms with van der Waals surface area (Å²) in [6.45, 7) is 6.76. The molecule has 0 unspecified atom stereocenters. The van der Waals surface area contributed by atoms with Crippen molar-refractivity contribution < 1.29 is 9.53 Å². The quantitative estimate of drug-likeness (QED) is 0.755. The van der Waals surface area contributed by atoms with E-state index in [-0.39, 0.29) is 17.6 Å². The van der Waals surface area contributed by atoms with E-state index < -0.39 is 0 Å². The van der Waals surface area contributed by atoms with Crippen molar-refractivity contribution in [3.05, 3.63) is 35.9 Å². The standard InChI is InChI=1S/C17H27NO2S/c1-17(2,3)15(11-8-12-21-4)18-16(19)20-13-14-9-6-5-7-10-14/h5-7,9-10,15H,8,11-13H2,1-4H3,(H,18,19)/t15-/m0/s1. The molecule has 0 saturated heterocycles. The highest BCUT2D eigenvalue weighted by Gasteiger charge is 2.26. The van der Waals surface area contributed by atoms with Crippen molar-refractivity contribution in [3.8, 4) is 0 Å². The Balaban J connectivity index is 2.44. The number of thioether (sulfide) groups is 1. The average molecular weight is 309 g/mol. The lowest BCUT2D eigenvalue weighted by atomic mass is 9.84. The van der Waals surface area contributed by atoms with Gasteiger partial charge >= 0.3 is 6.09 Å². The molecular formula is C17H27NO2S. The van der Waals surface area contributed by atoms with Gasteiger partial charge in [0.1, 0.15) is 6.61 Å². The second kappa shape index (κ2) is 8.98. The number of hydrogen-bond acceptors (Lipinski definition) is 3. The molecule has 0 aromatic heterocycles. The monoisotopic (exact) mass is 309 g/mol. The first-order chi connectivity index (χ1) is 9.93. The molecule has 0 aliphatic rings. The third kappa shape index (κ3) is 7.42. The van der Waals surface area contributed by atoms with Gasteiger partial charge in [0.25, 0.3) is 0 Å². The maximum Gasteiger partial charge on any atom is 0.407 e. The molecular weight excluding hydrogens is 282 g/mol. The van der Waals surface area contributed by atoms with E-state index in [1.54, 1.807) is 0 Å². The van der Waals surface area contributed by atoms with Gasteiger partial charge in [0.05, 0.1) is 0 Å². The van der Waals surface area contributed by atoms with Gasteiger partial charge in [0, 0.05) is 6.04 Å².